The first-order valence-corrected chi connectivity index (χ1v) is 12.6. The fourth-order valence-corrected chi connectivity index (χ4v) is 4.92. The number of methoxy groups -OCH3 is 1. The standard InChI is InChI=1S/C23H22N4O5S2/c1-32-19-9-8-15(12-21(19)34(24,30)31)26-22(28)18(27-23(29)20-7-4-10-33-20)11-14-13-25-17-6-3-2-5-16(14)17/h2-10,12-13,18,25H,11H2,1H3,(H,26,28)(H,27,29)(H2,24,30,31)/t18-/m0/s1. The molecule has 0 radical (unpaired) electrons. The molecular weight excluding hydrogens is 476 g/mol. The summed E-state index contributed by atoms with van der Waals surface area (Å²) in [5.74, 6) is -0.836. The summed E-state index contributed by atoms with van der Waals surface area (Å²) >= 11 is 1.26. The third-order valence-corrected chi connectivity index (χ3v) is 7.00. The molecule has 4 rings (SSSR count). The van der Waals surface area contributed by atoms with Gasteiger partial charge in [-0.2, -0.15) is 0 Å². The molecule has 0 aliphatic carbocycles. The van der Waals surface area contributed by atoms with Gasteiger partial charge in [-0.1, -0.05) is 24.3 Å². The molecule has 11 heteroatoms. The zero-order chi connectivity index (χ0) is 24.3. The summed E-state index contributed by atoms with van der Waals surface area (Å²) in [4.78, 5) is 29.4. The van der Waals surface area contributed by atoms with Gasteiger partial charge in [-0.25, -0.2) is 13.6 Å². The number of hydrogen-bond donors (Lipinski definition) is 4. The molecule has 0 aliphatic heterocycles. The zero-order valence-electron chi connectivity index (χ0n) is 18.1. The summed E-state index contributed by atoms with van der Waals surface area (Å²) in [6, 6.07) is 14.2. The second-order valence-corrected chi connectivity index (χ2v) is 9.94. The Morgan fingerprint density at radius 1 is 1.15 bits per heavy atom. The summed E-state index contributed by atoms with van der Waals surface area (Å²) in [5.41, 5.74) is 1.96. The lowest BCUT2D eigenvalue weighted by molar-refractivity contribution is -0.118. The molecule has 0 saturated carbocycles. The number of aromatic nitrogens is 1. The Balaban J connectivity index is 1.63. The monoisotopic (exact) mass is 498 g/mol. The van der Waals surface area contributed by atoms with Crippen LogP contribution in [-0.4, -0.2) is 38.4 Å². The maximum atomic E-state index is 13.3. The van der Waals surface area contributed by atoms with E-state index in [1.165, 1.54) is 36.6 Å². The number of carbonyl (C=O) groups excluding carboxylic acids is 2. The van der Waals surface area contributed by atoms with Gasteiger partial charge in [-0.05, 0) is 41.3 Å². The summed E-state index contributed by atoms with van der Waals surface area (Å²) in [7, 11) is -2.77. The van der Waals surface area contributed by atoms with Gasteiger partial charge in [0.25, 0.3) is 5.91 Å². The van der Waals surface area contributed by atoms with Crippen molar-refractivity contribution in [3.63, 3.8) is 0 Å². The highest BCUT2D eigenvalue weighted by Gasteiger charge is 2.25. The Labute approximate surface area is 200 Å². The average Bonchev–Trinajstić information content (AvgIpc) is 3.49. The number of fused-ring (bicyclic) bond motifs is 1. The molecular formula is C23H22N4O5S2. The van der Waals surface area contributed by atoms with E-state index < -0.39 is 22.0 Å². The number of nitrogens with one attached hydrogen (secondary N) is 3. The van der Waals surface area contributed by atoms with Crippen molar-refractivity contribution >= 4 is 49.8 Å². The minimum absolute atomic E-state index is 0.0573. The number of sulfonamides is 1. The number of H-pyrrole nitrogens is 1. The quantitative estimate of drug-likeness (QED) is 0.295. The largest absolute Gasteiger partial charge is 0.495 e. The average molecular weight is 499 g/mol. The van der Waals surface area contributed by atoms with E-state index in [2.05, 4.69) is 15.6 Å². The van der Waals surface area contributed by atoms with Crippen LogP contribution in [-0.2, 0) is 21.2 Å². The van der Waals surface area contributed by atoms with Gasteiger partial charge >= 0.3 is 0 Å². The first-order chi connectivity index (χ1) is 16.3. The summed E-state index contributed by atoms with van der Waals surface area (Å²) in [6.07, 6.45) is 2.01. The van der Waals surface area contributed by atoms with E-state index in [-0.39, 0.29) is 28.7 Å². The van der Waals surface area contributed by atoms with Crippen LogP contribution in [0.25, 0.3) is 10.9 Å². The van der Waals surface area contributed by atoms with Crippen molar-refractivity contribution in [2.24, 2.45) is 5.14 Å². The van der Waals surface area contributed by atoms with E-state index in [4.69, 9.17) is 9.88 Å². The van der Waals surface area contributed by atoms with Gasteiger partial charge in [0.1, 0.15) is 16.7 Å². The normalized spacial score (nSPS) is 12.3. The van der Waals surface area contributed by atoms with Crippen LogP contribution in [0.5, 0.6) is 5.75 Å². The molecule has 0 spiro atoms. The van der Waals surface area contributed by atoms with E-state index in [9.17, 15) is 18.0 Å². The van der Waals surface area contributed by atoms with E-state index in [1.54, 1.807) is 23.7 Å². The lowest BCUT2D eigenvalue weighted by Gasteiger charge is -2.19. The van der Waals surface area contributed by atoms with Crippen LogP contribution >= 0.6 is 11.3 Å². The molecule has 9 nitrogen and oxygen atoms in total. The molecule has 2 heterocycles. The summed E-state index contributed by atoms with van der Waals surface area (Å²) < 4.78 is 28.9. The molecule has 0 aliphatic rings. The number of benzene rings is 2. The van der Waals surface area contributed by atoms with E-state index in [0.717, 1.165) is 16.5 Å². The van der Waals surface area contributed by atoms with Crippen LogP contribution in [0.3, 0.4) is 0 Å². The lowest BCUT2D eigenvalue weighted by atomic mass is 10.0. The third-order valence-electron chi connectivity index (χ3n) is 5.20. The predicted molar refractivity (Wildman–Crippen MR) is 131 cm³/mol. The van der Waals surface area contributed by atoms with E-state index >= 15 is 0 Å². The molecule has 0 bridgehead atoms. The van der Waals surface area contributed by atoms with Crippen molar-refractivity contribution in [2.75, 3.05) is 12.4 Å². The first-order valence-electron chi connectivity index (χ1n) is 10.2. The molecule has 2 amide bonds. The fraction of sp³-hybridized carbons (Fsp3) is 0.130. The fourth-order valence-electron chi connectivity index (χ4n) is 3.57. The highest BCUT2D eigenvalue weighted by Crippen LogP contribution is 2.26. The molecule has 4 aromatic rings. The molecule has 0 unspecified atom stereocenters. The van der Waals surface area contributed by atoms with Crippen molar-refractivity contribution in [1.82, 2.24) is 10.3 Å². The van der Waals surface area contributed by atoms with Gasteiger partial charge in [0.15, 0.2) is 0 Å². The molecule has 176 valence electrons. The molecule has 5 N–H and O–H groups in total. The second kappa shape index (κ2) is 9.67. The van der Waals surface area contributed by atoms with Crippen LogP contribution < -0.4 is 20.5 Å². The predicted octanol–water partition coefficient (Wildman–Crippen LogP) is 2.87. The molecule has 2 aromatic heterocycles. The van der Waals surface area contributed by atoms with Gasteiger partial charge in [0, 0.05) is 29.2 Å². The Kier molecular flexibility index (Phi) is 6.68. The SMILES string of the molecule is COc1ccc(NC(=O)[C@H](Cc2c[nH]c3ccccc23)NC(=O)c2cccs2)cc1S(N)(=O)=O. The number of nitrogens with two attached hydrogens (primary N) is 1. The minimum atomic E-state index is -4.09. The first kappa shape index (κ1) is 23.5. The number of thiophene rings is 1. The number of ether oxygens (including phenoxy) is 1. The highest BCUT2D eigenvalue weighted by atomic mass is 32.2. The number of rotatable bonds is 8. The van der Waals surface area contributed by atoms with Gasteiger partial charge in [-0.3, -0.25) is 9.59 Å². The molecule has 0 saturated heterocycles. The second-order valence-electron chi connectivity index (χ2n) is 7.47. The number of primary sulfonamides is 1. The van der Waals surface area contributed by atoms with Crippen molar-refractivity contribution < 1.29 is 22.7 Å². The van der Waals surface area contributed by atoms with Crippen LogP contribution in [0.2, 0.25) is 0 Å². The number of para-hydroxylation sites is 1. The van der Waals surface area contributed by atoms with Gasteiger partial charge in [-0.15, -0.1) is 11.3 Å². The van der Waals surface area contributed by atoms with E-state index in [0.29, 0.717) is 4.88 Å². The topological polar surface area (TPSA) is 143 Å². The Morgan fingerprint density at radius 2 is 1.94 bits per heavy atom. The highest BCUT2D eigenvalue weighted by molar-refractivity contribution is 7.89. The van der Waals surface area contributed by atoms with Crippen molar-refractivity contribution in [3.05, 3.63) is 76.6 Å². The summed E-state index contributed by atoms with van der Waals surface area (Å²) in [6.45, 7) is 0. The summed E-state index contributed by atoms with van der Waals surface area (Å²) in [5, 5.41) is 13.5. The van der Waals surface area contributed by atoms with Gasteiger partial charge in [0.05, 0.1) is 12.0 Å². The minimum Gasteiger partial charge on any atom is -0.495 e. The van der Waals surface area contributed by atoms with Crippen molar-refractivity contribution in [2.45, 2.75) is 17.4 Å². The number of aromatic amines is 1. The maximum absolute atomic E-state index is 13.3. The zero-order valence-corrected chi connectivity index (χ0v) is 19.7. The van der Waals surface area contributed by atoms with Crippen molar-refractivity contribution in [3.8, 4) is 5.75 Å². The Bertz CT molecular complexity index is 1450. The Hall–Kier alpha value is -3.67. The number of carbonyl (C=O) groups is 2. The number of anilines is 1. The van der Waals surface area contributed by atoms with E-state index in [1.807, 2.05) is 24.3 Å². The number of amides is 2. The lowest BCUT2D eigenvalue weighted by Crippen LogP contribution is -2.45. The molecule has 2 aromatic carbocycles. The maximum Gasteiger partial charge on any atom is 0.262 e. The molecule has 0 fully saturated rings. The number of hydrogen-bond acceptors (Lipinski definition) is 6. The van der Waals surface area contributed by atoms with Crippen LogP contribution in [0, 0.1) is 0 Å². The van der Waals surface area contributed by atoms with Crippen LogP contribution in [0.4, 0.5) is 5.69 Å². The van der Waals surface area contributed by atoms with Crippen LogP contribution in [0.15, 0.2) is 71.1 Å². The molecule has 34 heavy (non-hydrogen) atoms. The van der Waals surface area contributed by atoms with Crippen molar-refractivity contribution in [1.29, 1.82) is 0 Å². The van der Waals surface area contributed by atoms with Crippen LogP contribution in [0.1, 0.15) is 15.2 Å². The van der Waals surface area contributed by atoms with Gasteiger partial charge < -0.3 is 20.4 Å². The van der Waals surface area contributed by atoms with Gasteiger partial charge in [0.2, 0.25) is 15.9 Å². The third kappa shape index (κ3) is 5.11. The Morgan fingerprint density at radius 3 is 2.65 bits per heavy atom. The smallest absolute Gasteiger partial charge is 0.262 e. The molecule has 1 atom stereocenters.